The second kappa shape index (κ2) is 9.20. The summed E-state index contributed by atoms with van der Waals surface area (Å²) in [6.07, 6.45) is 5.10. The molecule has 146 valence electrons. The lowest BCUT2D eigenvalue weighted by Gasteiger charge is -2.39. The number of nitrogens with one attached hydrogen (secondary N) is 1. The molecule has 1 unspecified atom stereocenters. The minimum Gasteiger partial charge on any atom is -0.384 e. The van der Waals surface area contributed by atoms with E-state index in [0.717, 1.165) is 58.3 Å². The monoisotopic (exact) mass is 380 g/mol. The van der Waals surface area contributed by atoms with E-state index in [-0.39, 0.29) is 23.2 Å². The Morgan fingerprint density at radius 3 is 2.54 bits per heavy atom. The van der Waals surface area contributed by atoms with Crippen LogP contribution in [-0.4, -0.2) is 50.7 Å². The minimum absolute atomic E-state index is 0. The summed E-state index contributed by atoms with van der Waals surface area (Å²) >= 11 is 0. The summed E-state index contributed by atoms with van der Waals surface area (Å²) < 4.78 is 5.45. The molecule has 2 aliphatic rings. The third-order valence-electron chi connectivity index (χ3n) is 6.14. The molecular weight excluding hydrogens is 348 g/mol. The lowest BCUT2D eigenvalue weighted by Crippen LogP contribution is -2.51. The van der Waals surface area contributed by atoms with Crippen LogP contribution in [0.5, 0.6) is 0 Å². The molecule has 3 rings (SSSR count). The lowest BCUT2D eigenvalue weighted by molar-refractivity contribution is -0.146. The van der Waals surface area contributed by atoms with Crippen molar-refractivity contribution in [3.05, 3.63) is 35.9 Å². The van der Waals surface area contributed by atoms with Gasteiger partial charge < -0.3 is 15.0 Å². The van der Waals surface area contributed by atoms with Crippen molar-refractivity contribution < 1.29 is 9.53 Å². The molecule has 1 aromatic carbocycles. The van der Waals surface area contributed by atoms with Crippen LogP contribution in [0.3, 0.4) is 0 Å². The summed E-state index contributed by atoms with van der Waals surface area (Å²) in [4.78, 5) is 15.4. The van der Waals surface area contributed by atoms with Gasteiger partial charge in [-0.15, -0.1) is 12.4 Å². The number of ether oxygens (including phenoxy) is 1. The Morgan fingerprint density at radius 2 is 1.88 bits per heavy atom. The number of hydrogen-bond acceptors (Lipinski definition) is 3. The average Bonchev–Trinajstić information content (AvgIpc) is 3.04. The number of nitrogens with zero attached hydrogens (tertiary/aromatic N) is 1. The van der Waals surface area contributed by atoms with Gasteiger partial charge in [-0.25, -0.2) is 0 Å². The number of likely N-dealkylation sites (tertiary alicyclic amines) is 1. The second-order valence-corrected chi connectivity index (χ2v) is 8.24. The van der Waals surface area contributed by atoms with Crippen molar-refractivity contribution >= 4 is 18.3 Å². The van der Waals surface area contributed by atoms with Gasteiger partial charge >= 0.3 is 0 Å². The third-order valence-corrected chi connectivity index (χ3v) is 6.14. The number of carbonyl (C=O) groups is 1. The maximum absolute atomic E-state index is 13.3. The van der Waals surface area contributed by atoms with E-state index in [1.165, 1.54) is 5.56 Å². The molecule has 0 radical (unpaired) electrons. The topological polar surface area (TPSA) is 41.6 Å². The van der Waals surface area contributed by atoms with Gasteiger partial charge in [0, 0.05) is 20.2 Å². The predicted octanol–water partition coefficient (Wildman–Crippen LogP) is 3.30. The van der Waals surface area contributed by atoms with E-state index in [1.807, 2.05) is 0 Å². The number of carbonyl (C=O) groups excluding carboxylic acids is 1. The summed E-state index contributed by atoms with van der Waals surface area (Å²) in [6.45, 7) is 6.49. The van der Waals surface area contributed by atoms with Crippen LogP contribution in [0.4, 0.5) is 0 Å². The number of amides is 1. The SMILES string of the molecule is COCC1(C(=O)N2CCC(C)(CCc3ccccc3)C2)CCNCC1.Cl. The van der Waals surface area contributed by atoms with Gasteiger partial charge in [0.05, 0.1) is 12.0 Å². The van der Waals surface area contributed by atoms with E-state index in [1.54, 1.807) is 7.11 Å². The Bertz CT molecular complexity index is 569. The van der Waals surface area contributed by atoms with Crippen molar-refractivity contribution in [2.45, 2.75) is 39.0 Å². The zero-order valence-electron chi connectivity index (χ0n) is 16.1. The van der Waals surface area contributed by atoms with E-state index < -0.39 is 0 Å². The molecule has 0 spiro atoms. The van der Waals surface area contributed by atoms with Crippen molar-refractivity contribution in [2.24, 2.45) is 10.8 Å². The van der Waals surface area contributed by atoms with Gasteiger partial charge in [0.25, 0.3) is 0 Å². The van der Waals surface area contributed by atoms with Crippen molar-refractivity contribution in [1.29, 1.82) is 0 Å². The Labute approximate surface area is 164 Å². The predicted molar refractivity (Wildman–Crippen MR) is 108 cm³/mol. The minimum atomic E-state index is -0.315. The first-order valence-electron chi connectivity index (χ1n) is 9.60. The lowest BCUT2D eigenvalue weighted by atomic mass is 9.78. The molecular formula is C21H33ClN2O2. The van der Waals surface area contributed by atoms with Crippen LogP contribution in [0.15, 0.2) is 30.3 Å². The van der Waals surface area contributed by atoms with Crippen molar-refractivity contribution in [3.8, 4) is 0 Å². The Hall–Kier alpha value is -1.10. The largest absolute Gasteiger partial charge is 0.384 e. The van der Waals surface area contributed by atoms with Crippen LogP contribution < -0.4 is 5.32 Å². The summed E-state index contributed by atoms with van der Waals surface area (Å²) in [5.41, 5.74) is 1.31. The molecule has 2 saturated heterocycles. The first-order chi connectivity index (χ1) is 12.1. The Morgan fingerprint density at radius 1 is 1.19 bits per heavy atom. The maximum atomic E-state index is 13.3. The molecule has 26 heavy (non-hydrogen) atoms. The molecule has 1 N–H and O–H groups in total. The first kappa shape index (κ1) is 21.2. The summed E-state index contributed by atoms with van der Waals surface area (Å²) in [5, 5.41) is 3.37. The smallest absolute Gasteiger partial charge is 0.231 e. The van der Waals surface area contributed by atoms with E-state index in [2.05, 4.69) is 47.5 Å². The number of methoxy groups -OCH3 is 1. The van der Waals surface area contributed by atoms with E-state index >= 15 is 0 Å². The fourth-order valence-electron chi connectivity index (χ4n) is 4.43. The van der Waals surface area contributed by atoms with Gasteiger partial charge in [-0.05, 0) is 56.2 Å². The number of halogens is 1. The molecule has 2 aliphatic heterocycles. The zero-order chi connectivity index (χ0) is 17.8. The summed E-state index contributed by atoms with van der Waals surface area (Å²) in [6, 6.07) is 10.7. The molecule has 2 heterocycles. The molecule has 0 aliphatic carbocycles. The zero-order valence-corrected chi connectivity index (χ0v) is 16.9. The van der Waals surface area contributed by atoms with Crippen LogP contribution in [0.25, 0.3) is 0 Å². The van der Waals surface area contributed by atoms with Crippen molar-refractivity contribution in [2.75, 3.05) is 39.9 Å². The van der Waals surface area contributed by atoms with Crippen molar-refractivity contribution in [1.82, 2.24) is 10.2 Å². The summed E-state index contributed by atoms with van der Waals surface area (Å²) in [5.74, 6) is 0.319. The van der Waals surface area contributed by atoms with E-state index in [4.69, 9.17) is 4.74 Å². The van der Waals surface area contributed by atoms with Gasteiger partial charge in [-0.3, -0.25) is 4.79 Å². The highest BCUT2D eigenvalue weighted by Crippen LogP contribution is 2.39. The highest BCUT2D eigenvalue weighted by Gasteiger charge is 2.45. The number of piperidine rings is 1. The summed E-state index contributed by atoms with van der Waals surface area (Å²) in [7, 11) is 1.71. The molecule has 1 amide bonds. The number of rotatable bonds is 6. The normalized spacial score (nSPS) is 24.9. The van der Waals surface area contributed by atoms with Crippen molar-refractivity contribution in [3.63, 3.8) is 0 Å². The first-order valence-corrected chi connectivity index (χ1v) is 9.60. The van der Waals surface area contributed by atoms with Gasteiger partial charge in [-0.1, -0.05) is 37.3 Å². The number of aryl methyl sites for hydroxylation is 1. The van der Waals surface area contributed by atoms with Crippen LogP contribution in [-0.2, 0) is 16.0 Å². The molecule has 1 aromatic rings. The number of hydrogen-bond donors (Lipinski definition) is 1. The average molecular weight is 381 g/mol. The molecule has 1 atom stereocenters. The number of benzene rings is 1. The van der Waals surface area contributed by atoms with Crippen LogP contribution >= 0.6 is 12.4 Å². The molecule has 4 nitrogen and oxygen atoms in total. The van der Waals surface area contributed by atoms with Gasteiger partial charge in [0.2, 0.25) is 5.91 Å². The standard InChI is InChI=1S/C21H32N2O2.ClH/c1-20(9-8-18-6-4-3-5-7-18)12-15-23(16-20)19(24)21(17-25-2)10-13-22-14-11-21;/h3-7,22H,8-17H2,1-2H3;1H. The van der Waals surface area contributed by atoms with Crippen LogP contribution in [0.1, 0.15) is 38.2 Å². The van der Waals surface area contributed by atoms with E-state index in [0.29, 0.717) is 12.5 Å². The van der Waals surface area contributed by atoms with Gasteiger partial charge in [0.15, 0.2) is 0 Å². The molecule has 5 heteroatoms. The molecule has 0 saturated carbocycles. The van der Waals surface area contributed by atoms with E-state index in [9.17, 15) is 4.79 Å². The van der Waals surface area contributed by atoms with Crippen LogP contribution in [0, 0.1) is 10.8 Å². The molecule has 0 aromatic heterocycles. The van der Waals surface area contributed by atoms with Crippen LogP contribution in [0.2, 0.25) is 0 Å². The maximum Gasteiger partial charge on any atom is 0.231 e. The Balaban J connectivity index is 0.00000243. The van der Waals surface area contributed by atoms with Gasteiger partial charge in [0.1, 0.15) is 0 Å². The highest BCUT2D eigenvalue weighted by molar-refractivity contribution is 5.85. The molecule has 2 fully saturated rings. The third kappa shape index (κ3) is 4.79. The fourth-order valence-corrected chi connectivity index (χ4v) is 4.43. The Kier molecular flexibility index (Phi) is 7.51. The highest BCUT2D eigenvalue weighted by atomic mass is 35.5. The second-order valence-electron chi connectivity index (χ2n) is 8.24. The molecule has 0 bridgehead atoms. The quantitative estimate of drug-likeness (QED) is 0.823. The van der Waals surface area contributed by atoms with Gasteiger partial charge in [-0.2, -0.15) is 0 Å². The fraction of sp³-hybridized carbons (Fsp3) is 0.667.